The lowest BCUT2D eigenvalue weighted by molar-refractivity contribution is -0.157. The molecule has 0 spiro atoms. The molecule has 4 rings (SSSR count). The zero-order valence-corrected chi connectivity index (χ0v) is 17.2. The second kappa shape index (κ2) is 7.44. The van der Waals surface area contributed by atoms with Crippen LogP contribution in [0.3, 0.4) is 0 Å². The van der Waals surface area contributed by atoms with Gasteiger partial charge in [0.25, 0.3) is 5.91 Å². The Balaban J connectivity index is 1.42. The second-order valence-corrected chi connectivity index (χ2v) is 10.3. The summed E-state index contributed by atoms with van der Waals surface area (Å²) < 4.78 is 5.28. The molecule has 6 nitrogen and oxygen atoms in total. The molecule has 0 atom stereocenters. The molecule has 0 aromatic heterocycles. The average Bonchev–Trinajstić information content (AvgIpc) is 2.48. The van der Waals surface area contributed by atoms with Crippen molar-refractivity contribution in [2.45, 2.75) is 71.3 Å². The Labute approximate surface area is 162 Å². The fourth-order valence-electron chi connectivity index (χ4n) is 5.88. The quantitative estimate of drug-likeness (QED) is 0.721. The van der Waals surface area contributed by atoms with Crippen LogP contribution in [-0.2, 0) is 19.1 Å². The molecule has 0 heterocycles. The summed E-state index contributed by atoms with van der Waals surface area (Å²) in [5.41, 5.74) is -0.224. The Morgan fingerprint density at radius 1 is 1.04 bits per heavy atom. The summed E-state index contributed by atoms with van der Waals surface area (Å²) in [6.07, 6.45) is 7.91. The van der Waals surface area contributed by atoms with Crippen molar-refractivity contribution < 1.29 is 19.1 Å². The maximum atomic E-state index is 12.4. The molecule has 4 aliphatic rings. The van der Waals surface area contributed by atoms with E-state index in [0.29, 0.717) is 6.42 Å². The van der Waals surface area contributed by atoms with Crippen molar-refractivity contribution >= 4 is 17.8 Å². The number of rotatable bonds is 6. The number of hydrogen-bond acceptors (Lipinski definition) is 4. The number of ether oxygens (including phenoxy) is 1. The Bertz CT molecular complexity index is 573. The third-order valence-electron chi connectivity index (χ3n) is 6.36. The van der Waals surface area contributed by atoms with Crippen molar-refractivity contribution in [3.05, 3.63) is 0 Å². The van der Waals surface area contributed by atoms with E-state index in [0.717, 1.165) is 37.0 Å². The average molecular weight is 379 g/mol. The van der Waals surface area contributed by atoms with Crippen LogP contribution in [0.2, 0.25) is 0 Å². The lowest BCUT2D eigenvalue weighted by Crippen LogP contribution is -2.47. The van der Waals surface area contributed by atoms with Crippen molar-refractivity contribution in [3.8, 4) is 0 Å². The lowest BCUT2D eigenvalue weighted by atomic mass is 9.49. The first-order chi connectivity index (χ1) is 12.5. The molecule has 4 bridgehead atoms. The molecular weight excluding hydrogens is 344 g/mol. The number of esters is 1. The smallest absolute Gasteiger partial charge is 0.306 e. The molecule has 152 valence electrons. The second-order valence-electron chi connectivity index (χ2n) is 10.3. The van der Waals surface area contributed by atoms with Crippen LogP contribution in [0.25, 0.3) is 0 Å². The molecule has 2 amide bonds. The lowest BCUT2D eigenvalue weighted by Gasteiger charge is -2.56. The number of likely N-dealkylation sites (N-methyl/N-ethyl adjacent to an activating group) is 1. The van der Waals surface area contributed by atoms with Gasteiger partial charge >= 0.3 is 5.97 Å². The van der Waals surface area contributed by atoms with E-state index in [-0.39, 0.29) is 41.9 Å². The van der Waals surface area contributed by atoms with Gasteiger partial charge < -0.3 is 15.0 Å². The summed E-state index contributed by atoms with van der Waals surface area (Å²) in [5.74, 6) is 1.53. The first-order valence-corrected chi connectivity index (χ1v) is 10.2. The van der Waals surface area contributed by atoms with Crippen molar-refractivity contribution in [3.63, 3.8) is 0 Å². The Hall–Kier alpha value is -1.59. The number of carbonyl (C=O) groups is 3. The molecular formula is C21H34N2O4. The van der Waals surface area contributed by atoms with Gasteiger partial charge in [0.2, 0.25) is 5.91 Å². The summed E-state index contributed by atoms with van der Waals surface area (Å²) in [7, 11) is 1.55. The SMILES string of the molecule is CN(CC(=O)NC(C)(C)C)C(=O)COC(=O)CC12CC3CC(CC(C3)C1)C2. The molecule has 0 radical (unpaired) electrons. The minimum absolute atomic E-state index is 0.0391. The number of hydrogen-bond donors (Lipinski definition) is 1. The van der Waals surface area contributed by atoms with E-state index in [1.165, 1.54) is 24.2 Å². The molecule has 0 aromatic carbocycles. The van der Waals surface area contributed by atoms with Gasteiger partial charge in [-0.3, -0.25) is 14.4 Å². The predicted octanol–water partition coefficient (Wildman–Crippen LogP) is 2.51. The molecule has 1 N–H and O–H groups in total. The van der Waals surface area contributed by atoms with E-state index < -0.39 is 0 Å². The highest BCUT2D eigenvalue weighted by molar-refractivity contribution is 5.86. The van der Waals surface area contributed by atoms with Gasteiger partial charge in [-0.05, 0) is 82.5 Å². The van der Waals surface area contributed by atoms with Crippen LogP contribution in [0.1, 0.15) is 65.7 Å². The molecule has 27 heavy (non-hydrogen) atoms. The van der Waals surface area contributed by atoms with Gasteiger partial charge in [0.1, 0.15) is 0 Å². The zero-order chi connectivity index (χ0) is 19.8. The van der Waals surface area contributed by atoms with Crippen LogP contribution in [0, 0.1) is 23.2 Å². The van der Waals surface area contributed by atoms with E-state index in [1.807, 2.05) is 20.8 Å². The van der Waals surface area contributed by atoms with E-state index in [1.54, 1.807) is 7.05 Å². The molecule has 4 aliphatic carbocycles. The third-order valence-corrected chi connectivity index (χ3v) is 6.36. The van der Waals surface area contributed by atoms with Crippen molar-refractivity contribution in [1.29, 1.82) is 0 Å². The van der Waals surface area contributed by atoms with E-state index in [9.17, 15) is 14.4 Å². The Kier molecular flexibility index (Phi) is 5.55. The molecule has 0 aromatic rings. The summed E-state index contributed by atoms with van der Waals surface area (Å²) in [4.78, 5) is 37.8. The minimum atomic E-state index is -0.349. The van der Waals surface area contributed by atoms with E-state index in [4.69, 9.17) is 4.74 Å². The number of nitrogens with one attached hydrogen (secondary N) is 1. The van der Waals surface area contributed by atoms with Crippen LogP contribution in [0.5, 0.6) is 0 Å². The first kappa shape index (κ1) is 20.2. The zero-order valence-electron chi connectivity index (χ0n) is 17.2. The molecule has 4 saturated carbocycles. The molecule has 0 aliphatic heterocycles. The van der Waals surface area contributed by atoms with Crippen LogP contribution < -0.4 is 5.32 Å². The Morgan fingerprint density at radius 3 is 2.04 bits per heavy atom. The highest BCUT2D eigenvalue weighted by Crippen LogP contribution is 2.61. The standard InChI is InChI=1S/C21H34N2O4/c1-20(2,3)22-17(24)12-23(4)18(25)13-27-19(26)11-21-8-14-5-15(9-21)7-16(6-14)10-21/h14-16H,5-13H2,1-4H3,(H,22,24). The fourth-order valence-corrected chi connectivity index (χ4v) is 5.88. The van der Waals surface area contributed by atoms with Crippen LogP contribution in [0.15, 0.2) is 0 Å². The highest BCUT2D eigenvalue weighted by Gasteiger charge is 2.51. The minimum Gasteiger partial charge on any atom is -0.456 e. The van der Waals surface area contributed by atoms with Crippen LogP contribution in [-0.4, -0.2) is 48.4 Å². The van der Waals surface area contributed by atoms with Crippen LogP contribution in [0.4, 0.5) is 0 Å². The maximum Gasteiger partial charge on any atom is 0.306 e. The van der Waals surface area contributed by atoms with Gasteiger partial charge in [0.15, 0.2) is 6.61 Å². The van der Waals surface area contributed by atoms with E-state index >= 15 is 0 Å². The molecule has 6 heteroatoms. The summed E-state index contributed by atoms with van der Waals surface area (Å²) >= 11 is 0. The summed E-state index contributed by atoms with van der Waals surface area (Å²) in [6.45, 7) is 5.34. The maximum absolute atomic E-state index is 12.4. The normalized spacial score (nSPS) is 31.5. The van der Waals surface area contributed by atoms with Crippen molar-refractivity contribution in [1.82, 2.24) is 10.2 Å². The number of carbonyl (C=O) groups excluding carboxylic acids is 3. The van der Waals surface area contributed by atoms with Gasteiger partial charge in [0, 0.05) is 12.6 Å². The monoisotopic (exact) mass is 378 g/mol. The Morgan fingerprint density at radius 2 is 1.56 bits per heavy atom. The van der Waals surface area contributed by atoms with Crippen LogP contribution >= 0.6 is 0 Å². The molecule has 0 saturated heterocycles. The highest BCUT2D eigenvalue weighted by atomic mass is 16.5. The number of amides is 2. The third kappa shape index (κ3) is 5.23. The molecule has 0 unspecified atom stereocenters. The van der Waals surface area contributed by atoms with Crippen molar-refractivity contribution in [2.75, 3.05) is 20.2 Å². The topological polar surface area (TPSA) is 75.7 Å². The van der Waals surface area contributed by atoms with Gasteiger partial charge in [-0.1, -0.05) is 0 Å². The number of nitrogens with zero attached hydrogens (tertiary/aromatic N) is 1. The largest absolute Gasteiger partial charge is 0.456 e. The van der Waals surface area contributed by atoms with Gasteiger partial charge in [-0.15, -0.1) is 0 Å². The first-order valence-electron chi connectivity index (χ1n) is 10.2. The van der Waals surface area contributed by atoms with Gasteiger partial charge in [0.05, 0.1) is 13.0 Å². The fraction of sp³-hybridized carbons (Fsp3) is 0.857. The molecule has 4 fully saturated rings. The predicted molar refractivity (Wildman–Crippen MR) is 102 cm³/mol. The van der Waals surface area contributed by atoms with E-state index in [2.05, 4.69) is 5.32 Å². The summed E-state index contributed by atoms with van der Waals surface area (Å²) in [6, 6.07) is 0. The van der Waals surface area contributed by atoms with Gasteiger partial charge in [-0.25, -0.2) is 0 Å². The van der Waals surface area contributed by atoms with Gasteiger partial charge in [-0.2, -0.15) is 0 Å². The summed E-state index contributed by atoms with van der Waals surface area (Å²) in [5, 5.41) is 2.81. The van der Waals surface area contributed by atoms with Crippen molar-refractivity contribution in [2.24, 2.45) is 23.2 Å².